The predicted octanol–water partition coefficient (Wildman–Crippen LogP) is 2.91. The van der Waals surface area contributed by atoms with Crippen LogP contribution in [0.2, 0.25) is 0 Å². The Hall–Kier alpha value is -3.84. The largest absolute Gasteiger partial charge is 0.490 e. The topological polar surface area (TPSA) is 152 Å². The molecule has 0 aromatic carbocycles. The van der Waals surface area contributed by atoms with Gasteiger partial charge >= 0.3 is 18.3 Å². The predicted molar refractivity (Wildman–Crippen MR) is 136 cm³/mol. The van der Waals surface area contributed by atoms with E-state index in [1.54, 1.807) is 16.9 Å². The Morgan fingerprint density at radius 2 is 1.95 bits per heavy atom. The molecular weight excluding hydrogens is 580 g/mol. The van der Waals surface area contributed by atoms with Gasteiger partial charge in [0.25, 0.3) is 0 Å². The number of nitrogens with zero attached hydrogens (tertiary/aromatic N) is 7. The summed E-state index contributed by atoms with van der Waals surface area (Å²) in [6.07, 6.45) is -6.48. The molecule has 1 atom stereocenters. The van der Waals surface area contributed by atoms with Gasteiger partial charge in [-0.05, 0) is 19.9 Å². The number of hydrogen-bond donors (Lipinski definition) is 3. The van der Waals surface area contributed by atoms with Gasteiger partial charge in [-0.2, -0.15) is 36.4 Å². The number of hydrogen-bond acceptors (Lipinski definition) is 11. The highest BCUT2D eigenvalue weighted by atomic mass is 19.4. The highest BCUT2D eigenvalue weighted by Crippen LogP contribution is 2.29. The molecule has 0 radical (unpaired) electrons. The summed E-state index contributed by atoms with van der Waals surface area (Å²) in [5, 5.41) is 18.3. The van der Waals surface area contributed by atoms with Gasteiger partial charge < -0.3 is 30.1 Å². The van der Waals surface area contributed by atoms with Crippen LogP contribution in [0.1, 0.15) is 19.5 Å². The van der Waals surface area contributed by atoms with Crippen molar-refractivity contribution in [3.63, 3.8) is 0 Å². The van der Waals surface area contributed by atoms with E-state index in [0.717, 1.165) is 19.6 Å². The van der Waals surface area contributed by atoms with Crippen molar-refractivity contribution in [2.75, 3.05) is 49.7 Å². The minimum Gasteiger partial charge on any atom is -0.475 e. The molecule has 19 heteroatoms. The van der Waals surface area contributed by atoms with Crippen LogP contribution in [-0.2, 0) is 27.4 Å². The Morgan fingerprint density at radius 3 is 2.55 bits per heavy atom. The van der Waals surface area contributed by atoms with E-state index in [9.17, 15) is 26.3 Å². The molecule has 0 bridgehead atoms. The smallest absolute Gasteiger partial charge is 0.475 e. The Balaban J connectivity index is 0.000000616. The van der Waals surface area contributed by atoms with Gasteiger partial charge in [0.1, 0.15) is 35.5 Å². The molecule has 0 amide bonds. The van der Waals surface area contributed by atoms with Crippen molar-refractivity contribution in [3.8, 4) is 0 Å². The van der Waals surface area contributed by atoms with Crippen LogP contribution >= 0.6 is 0 Å². The minimum absolute atomic E-state index is 0.0739. The number of piperazine rings is 1. The summed E-state index contributed by atoms with van der Waals surface area (Å²) < 4.78 is 81.2. The summed E-state index contributed by atoms with van der Waals surface area (Å²) >= 11 is 0. The third-order valence-corrected chi connectivity index (χ3v) is 5.52. The number of rotatable bonds is 10. The lowest BCUT2D eigenvalue weighted by atomic mass is 10.2. The normalized spacial score (nSPS) is 15.8. The average molecular weight is 610 g/mol. The molecule has 1 fully saturated rings. The van der Waals surface area contributed by atoms with Crippen LogP contribution in [0.4, 0.5) is 43.9 Å². The quantitative estimate of drug-likeness (QED) is 0.229. The summed E-state index contributed by atoms with van der Waals surface area (Å²) in [5.74, 6) is -1.30. The lowest BCUT2D eigenvalue weighted by Crippen LogP contribution is -2.49. The summed E-state index contributed by atoms with van der Waals surface area (Å²) in [6, 6.07) is 1.95. The van der Waals surface area contributed by atoms with E-state index in [0.29, 0.717) is 40.9 Å². The molecule has 1 saturated heterocycles. The van der Waals surface area contributed by atoms with Crippen molar-refractivity contribution in [1.29, 1.82) is 0 Å². The number of anilines is 3. The molecule has 4 rings (SSSR count). The molecule has 4 heterocycles. The van der Waals surface area contributed by atoms with Gasteiger partial charge in [0.2, 0.25) is 5.95 Å². The molecule has 0 aliphatic carbocycles. The number of carboxylic acids is 1. The monoisotopic (exact) mass is 609 g/mol. The summed E-state index contributed by atoms with van der Waals surface area (Å²) in [5.41, 5.74) is 1.65. The van der Waals surface area contributed by atoms with Gasteiger partial charge in [0.15, 0.2) is 5.82 Å². The van der Waals surface area contributed by atoms with Crippen molar-refractivity contribution in [3.05, 3.63) is 24.3 Å². The number of ether oxygens (including phenoxy) is 2. The van der Waals surface area contributed by atoms with Crippen molar-refractivity contribution in [1.82, 2.24) is 35.0 Å². The van der Waals surface area contributed by atoms with Gasteiger partial charge in [-0.3, -0.25) is 4.68 Å². The highest BCUT2D eigenvalue weighted by molar-refractivity contribution is 5.90. The molecule has 13 nitrogen and oxygen atoms in total. The van der Waals surface area contributed by atoms with Crippen molar-refractivity contribution < 1.29 is 45.7 Å². The summed E-state index contributed by atoms with van der Waals surface area (Å²) in [7, 11) is 0. The van der Waals surface area contributed by atoms with E-state index in [1.807, 2.05) is 6.92 Å². The lowest BCUT2D eigenvalue weighted by Gasteiger charge is -2.32. The molecule has 232 valence electrons. The highest BCUT2D eigenvalue weighted by Gasteiger charge is 2.38. The van der Waals surface area contributed by atoms with E-state index in [1.165, 1.54) is 6.33 Å². The summed E-state index contributed by atoms with van der Waals surface area (Å²) in [4.78, 5) is 28.7. The third kappa shape index (κ3) is 9.62. The van der Waals surface area contributed by atoms with Crippen LogP contribution in [0.5, 0.6) is 0 Å². The van der Waals surface area contributed by atoms with Crippen molar-refractivity contribution in [2.24, 2.45) is 0 Å². The standard InChI is InChI=1S/C21H28F3N9O2.C2HF3O2/c1-3-34-11-15-17-18(33(31-15)8-9-35-12-21(22,23)24)19(28-16-4-5-25-13-27-16)30-20(29-17)32-7-6-26-14(2)10-32;3-2(4,5)1(6)7/h4-5,13-14,26H,3,6-12H2,1-2H3,(H,25,27,28,29,30);(H,6,7)/t14-;/m0./s1. The second-order valence-corrected chi connectivity index (χ2v) is 8.87. The van der Waals surface area contributed by atoms with Gasteiger partial charge in [0, 0.05) is 38.5 Å². The Kier molecular flexibility index (Phi) is 11.2. The molecular formula is C23H29F6N9O4. The maximum Gasteiger partial charge on any atom is 0.490 e. The van der Waals surface area contributed by atoms with Crippen LogP contribution in [0, 0.1) is 0 Å². The number of carbonyl (C=O) groups is 1. The molecule has 3 N–H and O–H groups in total. The van der Waals surface area contributed by atoms with Crippen molar-refractivity contribution >= 4 is 34.6 Å². The minimum atomic E-state index is -5.08. The van der Waals surface area contributed by atoms with E-state index in [-0.39, 0.29) is 25.8 Å². The van der Waals surface area contributed by atoms with E-state index >= 15 is 0 Å². The zero-order chi connectivity index (χ0) is 30.9. The number of carboxylic acid groups (broad SMARTS) is 1. The number of halogens is 6. The van der Waals surface area contributed by atoms with Crippen LogP contribution in [0.25, 0.3) is 11.0 Å². The third-order valence-electron chi connectivity index (χ3n) is 5.52. The second-order valence-electron chi connectivity index (χ2n) is 8.87. The Labute approximate surface area is 235 Å². The number of nitrogens with one attached hydrogen (secondary N) is 2. The summed E-state index contributed by atoms with van der Waals surface area (Å²) in [6.45, 7) is 5.43. The average Bonchev–Trinajstić information content (AvgIpc) is 3.27. The van der Waals surface area contributed by atoms with Gasteiger partial charge in [-0.25, -0.2) is 19.7 Å². The van der Waals surface area contributed by atoms with Crippen LogP contribution in [0.15, 0.2) is 18.6 Å². The maximum atomic E-state index is 12.5. The molecule has 0 saturated carbocycles. The fourth-order valence-electron chi connectivity index (χ4n) is 3.76. The fourth-order valence-corrected chi connectivity index (χ4v) is 3.76. The van der Waals surface area contributed by atoms with Crippen LogP contribution < -0.4 is 15.5 Å². The molecule has 3 aromatic heterocycles. The van der Waals surface area contributed by atoms with Gasteiger partial charge in [-0.15, -0.1) is 0 Å². The maximum absolute atomic E-state index is 12.5. The Morgan fingerprint density at radius 1 is 1.21 bits per heavy atom. The van der Waals surface area contributed by atoms with E-state index in [4.69, 9.17) is 29.3 Å². The molecule has 1 aliphatic heterocycles. The number of alkyl halides is 6. The van der Waals surface area contributed by atoms with Crippen molar-refractivity contribution in [2.45, 2.75) is 45.4 Å². The van der Waals surface area contributed by atoms with Crippen LogP contribution in [-0.4, -0.2) is 98.6 Å². The number of aliphatic carboxylic acids is 1. The second kappa shape index (κ2) is 14.4. The SMILES string of the molecule is CCOCc1nn(CCOCC(F)(F)F)c2c(Nc3ccncn3)nc(N3CCN[C@@H](C)C3)nc12.O=C(O)C(F)(F)F. The zero-order valence-electron chi connectivity index (χ0n) is 22.5. The lowest BCUT2D eigenvalue weighted by molar-refractivity contribution is -0.192. The first-order valence-corrected chi connectivity index (χ1v) is 12.6. The fraction of sp³-hybridized carbons (Fsp3) is 0.565. The first-order chi connectivity index (χ1) is 19.8. The number of fused-ring (bicyclic) bond motifs is 1. The zero-order valence-corrected chi connectivity index (χ0v) is 22.5. The number of aromatic nitrogens is 6. The first kappa shape index (κ1) is 32.7. The molecule has 3 aromatic rings. The van der Waals surface area contributed by atoms with Gasteiger partial charge in [-0.1, -0.05) is 0 Å². The molecule has 1 aliphatic rings. The molecule has 0 unspecified atom stereocenters. The Bertz CT molecular complexity index is 1310. The van der Waals surface area contributed by atoms with Crippen LogP contribution in [0.3, 0.4) is 0 Å². The molecule has 0 spiro atoms. The first-order valence-electron chi connectivity index (χ1n) is 12.6. The molecule has 42 heavy (non-hydrogen) atoms. The van der Waals surface area contributed by atoms with E-state index < -0.39 is 24.9 Å². The van der Waals surface area contributed by atoms with E-state index in [2.05, 4.69) is 37.5 Å². The van der Waals surface area contributed by atoms with Gasteiger partial charge in [0.05, 0.1) is 19.8 Å².